The van der Waals surface area contributed by atoms with E-state index in [4.69, 9.17) is 9.47 Å². The first-order chi connectivity index (χ1) is 17.4. The van der Waals surface area contributed by atoms with E-state index < -0.39 is 5.97 Å². The largest absolute Gasteiger partial charge is 0.506 e. The van der Waals surface area contributed by atoms with Crippen LogP contribution in [0.3, 0.4) is 0 Å². The second-order valence-corrected chi connectivity index (χ2v) is 11.8. The van der Waals surface area contributed by atoms with E-state index in [1.54, 1.807) is 6.92 Å². The van der Waals surface area contributed by atoms with Crippen molar-refractivity contribution >= 4 is 95.6 Å². The van der Waals surface area contributed by atoms with Gasteiger partial charge in [-0.05, 0) is 106 Å². The van der Waals surface area contributed by atoms with Gasteiger partial charge in [-0.3, -0.25) is 0 Å². The Morgan fingerprint density at radius 1 is 1.08 bits per heavy atom. The SMILES string of the molecule is CCOC(=O)C1=C(O)/C(=C/c2cc(I)c(OCc3ccc(Br)cc3)c(I)c2)SC1=Nc1ccccc1. The zero-order valence-electron chi connectivity index (χ0n) is 19.0. The lowest BCUT2D eigenvalue weighted by atomic mass is 10.1. The first-order valence-corrected chi connectivity index (χ1v) is 14.6. The first kappa shape index (κ1) is 27.2. The number of ether oxygens (including phenoxy) is 2. The van der Waals surface area contributed by atoms with Gasteiger partial charge in [0, 0.05) is 4.47 Å². The zero-order valence-corrected chi connectivity index (χ0v) is 25.7. The standard InChI is InChI=1S/C27H20BrI2NO4S/c1-2-34-27(33)23-24(32)22(36-26(23)31-19-6-4-3-5-7-19)14-17-12-20(29)25(21(30)13-17)35-15-16-8-10-18(28)11-9-16/h3-14,32H,2,15H2,1H3/b22-14-,31-26?. The maximum absolute atomic E-state index is 12.6. The molecule has 0 amide bonds. The number of nitrogens with zero attached hydrogens (tertiary/aromatic N) is 1. The maximum atomic E-state index is 12.6. The quantitative estimate of drug-likeness (QED) is 0.193. The average Bonchev–Trinajstić information content (AvgIpc) is 3.14. The summed E-state index contributed by atoms with van der Waals surface area (Å²) in [7, 11) is 0. The molecule has 3 aromatic carbocycles. The summed E-state index contributed by atoms with van der Waals surface area (Å²) in [5.41, 5.74) is 2.71. The molecule has 1 N–H and O–H groups in total. The van der Waals surface area contributed by atoms with E-state index in [0.717, 1.165) is 28.5 Å². The lowest BCUT2D eigenvalue weighted by molar-refractivity contribution is -0.138. The number of rotatable bonds is 7. The molecule has 0 spiro atoms. The highest BCUT2D eigenvalue weighted by molar-refractivity contribution is 14.1. The van der Waals surface area contributed by atoms with Crippen molar-refractivity contribution in [3.8, 4) is 5.75 Å². The number of halogens is 3. The molecular formula is C27H20BrI2NO4S. The molecule has 0 saturated heterocycles. The number of hydrogen-bond acceptors (Lipinski definition) is 6. The Morgan fingerprint density at radius 3 is 2.39 bits per heavy atom. The van der Waals surface area contributed by atoms with Gasteiger partial charge in [0.2, 0.25) is 0 Å². The lowest BCUT2D eigenvalue weighted by Gasteiger charge is -2.12. The minimum absolute atomic E-state index is 0.0794. The average molecular weight is 788 g/mol. The number of aliphatic imine (C=N–C) groups is 1. The van der Waals surface area contributed by atoms with Gasteiger partial charge in [0.15, 0.2) is 0 Å². The molecule has 0 fully saturated rings. The van der Waals surface area contributed by atoms with Crippen LogP contribution in [0, 0.1) is 7.14 Å². The van der Waals surface area contributed by atoms with E-state index in [1.165, 1.54) is 11.8 Å². The van der Waals surface area contributed by atoms with E-state index in [2.05, 4.69) is 66.1 Å². The molecule has 1 aliphatic rings. The Kier molecular flexibility index (Phi) is 9.53. The highest BCUT2D eigenvalue weighted by Gasteiger charge is 2.33. The molecule has 1 heterocycles. The molecule has 184 valence electrons. The highest BCUT2D eigenvalue weighted by Crippen LogP contribution is 2.41. The molecule has 5 nitrogen and oxygen atoms in total. The summed E-state index contributed by atoms with van der Waals surface area (Å²) in [6.45, 7) is 2.39. The summed E-state index contributed by atoms with van der Waals surface area (Å²) in [4.78, 5) is 17.7. The third kappa shape index (κ3) is 6.73. The fourth-order valence-electron chi connectivity index (χ4n) is 3.30. The van der Waals surface area contributed by atoms with Gasteiger partial charge in [-0.15, -0.1) is 0 Å². The summed E-state index contributed by atoms with van der Waals surface area (Å²) < 4.78 is 14.2. The number of para-hydroxylation sites is 1. The summed E-state index contributed by atoms with van der Waals surface area (Å²) in [6, 6.07) is 21.3. The van der Waals surface area contributed by atoms with Crippen LogP contribution in [0.25, 0.3) is 6.08 Å². The number of esters is 1. The van der Waals surface area contributed by atoms with Crippen molar-refractivity contribution in [1.29, 1.82) is 0 Å². The van der Waals surface area contributed by atoms with Crippen LogP contribution in [-0.4, -0.2) is 22.7 Å². The monoisotopic (exact) mass is 787 g/mol. The van der Waals surface area contributed by atoms with E-state index in [0.29, 0.717) is 22.2 Å². The molecule has 9 heteroatoms. The second-order valence-electron chi connectivity index (χ2n) is 7.54. The Bertz CT molecular complexity index is 1350. The van der Waals surface area contributed by atoms with Gasteiger partial charge >= 0.3 is 5.97 Å². The Hall–Kier alpha value is -1.83. The molecule has 0 atom stereocenters. The molecule has 36 heavy (non-hydrogen) atoms. The Labute approximate surface area is 249 Å². The second kappa shape index (κ2) is 12.6. The smallest absolute Gasteiger partial charge is 0.344 e. The Balaban J connectivity index is 1.62. The molecule has 0 aromatic heterocycles. The molecule has 0 unspecified atom stereocenters. The van der Waals surface area contributed by atoms with Gasteiger partial charge in [-0.1, -0.05) is 58.0 Å². The summed E-state index contributed by atoms with van der Waals surface area (Å²) in [5.74, 6) is 0.0776. The third-order valence-corrected chi connectivity index (χ3v) is 8.12. The zero-order chi connectivity index (χ0) is 25.7. The minimum Gasteiger partial charge on any atom is -0.506 e. The van der Waals surface area contributed by atoms with Gasteiger partial charge < -0.3 is 14.6 Å². The van der Waals surface area contributed by atoms with Crippen molar-refractivity contribution in [2.45, 2.75) is 13.5 Å². The van der Waals surface area contributed by atoms with Crippen molar-refractivity contribution < 1.29 is 19.4 Å². The molecule has 0 radical (unpaired) electrons. The van der Waals surface area contributed by atoms with E-state index in [1.807, 2.05) is 72.8 Å². The maximum Gasteiger partial charge on any atom is 0.344 e. The predicted octanol–water partition coefficient (Wildman–Crippen LogP) is 8.43. The molecule has 1 aliphatic heterocycles. The van der Waals surface area contributed by atoms with Crippen LogP contribution in [0.1, 0.15) is 18.1 Å². The number of thioether (sulfide) groups is 1. The van der Waals surface area contributed by atoms with Crippen molar-refractivity contribution in [2.24, 2.45) is 4.99 Å². The van der Waals surface area contributed by atoms with Gasteiger partial charge in [0.1, 0.15) is 28.7 Å². The van der Waals surface area contributed by atoms with Crippen LogP contribution >= 0.6 is 72.9 Å². The molecule has 0 aliphatic carbocycles. The van der Waals surface area contributed by atoms with Crippen LogP contribution in [-0.2, 0) is 16.1 Å². The number of carbonyl (C=O) groups excluding carboxylic acids is 1. The van der Waals surface area contributed by atoms with Crippen molar-refractivity contribution in [1.82, 2.24) is 0 Å². The van der Waals surface area contributed by atoms with E-state index in [9.17, 15) is 9.90 Å². The number of aliphatic hydroxyl groups excluding tert-OH is 1. The normalized spacial score (nSPS) is 15.6. The van der Waals surface area contributed by atoms with Crippen LogP contribution < -0.4 is 4.74 Å². The van der Waals surface area contributed by atoms with Crippen molar-refractivity contribution in [3.05, 3.63) is 106 Å². The number of hydrogen-bond donors (Lipinski definition) is 1. The highest BCUT2D eigenvalue weighted by atomic mass is 127. The number of carbonyl (C=O) groups is 1. The van der Waals surface area contributed by atoms with Gasteiger partial charge in [0.25, 0.3) is 0 Å². The predicted molar refractivity (Wildman–Crippen MR) is 166 cm³/mol. The topological polar surface area (TPSA) is 68.1 Å². The fourth-order valence-corrected chi connectivity index (χ4v) is 6.73. The summed E-state index contributed by atoms with van der Waals surface area (Å²) in [5, 5.41) is 11.4. The fraction of sp³-hybridized carbons (Fsp3) is 0.111. The van der Waals surface area contributed by atoms with Crippen LogP contribution in [0.5, 0.6) is 5.75 Å². The number of aliphatic hydroxyl groups is 1. The molecule has 0 bridgehead atoms. The van der Waals surface area contributed by atoms with E-state index >= 15 is 0 Å². The molecular weight excluding hydrogens is 768 g/mol. The lowest BCUT2D eigenvalue weighted by Crippen LogP contribution is -2.12. The van der Waals surface area contributed by atoms with Crippen LogP contribution in [0.4, 0.5) is 5.69 Å². The molecule has 0 saturated carbocycles. The Morgan fingerprint density at radius 2 is 1.75 bits per heavy atom. The first-order valence-electron chi connectivity index (χ1n) is 10.9. The van der Waals surface area contributed by atoms with Crippen LogP contribution in [0.2, 0.25) is 0 Å². The van der Waals surface area contributed by atoms with Gasteiger partial charge in [-0.25, -0.2) is 9.79 Å². The van der Waals surface area contributed by atoms with Gasteiger partial charge in [-0.2, -0.15) is 0 Å². The molecule has 4 rings (SSSR count). The van der Waals surface area contributed by atoms with Gasteiger partial charge in [0.05, 0.1) is 24.3 Å². The summed E-state index contributed by atoms with van der Waals surface area (Å²) in [6.07, 6.45) is 1.84. The third-order valence-electron chi connectivity index (χ3n) is 4.97. The summed E-state index contributed by atoms with van der Waals surface area (Å²) >= 11 is 9.19. The van der Waals surface area contributed by atoms with E-state index in [-0.39, 0.29) is 17.9 Å². The van der Waals surface area contributed by atoms with Crippen molar-refractivity contribution in [3.63, 3.8) is 0 Å². The van der Waals surface area contributed by atoms with Crippen LogP contribution in [0.15, 0.2) is 92.4 Å². The number of benzene rings is 3. The minimum atomic E-state index is -0.596. The molecule has 3 aromatic rings. The van der Waals surface area contributed by atoms with Crippen molar-refractivity contribution in [2.75, 3.05) is 6.61 Å².